The molecule has 3 nitrogen and oxygen atoms in total. The second-order valence-electron chi connectivity index (χ2n) is 4.36. The number of halogens is 2. The van der Waals surface area contributed by atoms with Crippen molar-refractivity contribution in [3.05, 3.63) is 57.8 Å². The van der Waals surface area contributed by atoms with Gasteiger partial charge in [0.1, 0.15) is 11.6 Å². The minimum atomic E-state index is -0.215. The molecule has 2 aromatic rings. The van der Waals surface area contributed by atoms with Gasteiger partial charge in [0.2, 0.25) is 0 Å². The van der Waals surface area contributed by atoms with Crippen molar-refractivity contribution in [2.45, 2.75) is 26.4 Å². The van der Waals surface area contributed by atoms with Crippen LogP contribution in [-0.4, -0.2) is 9.97 Å². The summed E-state index contributed by atoms with van der Waals surface area (Å²) in [5.41, 5.74) is 1.55. The lowest BCUT2D eigenvalue weighted by Crippen LogP contribution is -2.20. The van der Waals surface area contributed by atoms with Crippen LogP contribution in [0.4, 0.5) is 4.39 Å². The first-order valence-electron chi connectivity index (χ1n) is 6.03. The molecule has 0 fully saturated rings. The van der Waals surface area contributed by atoms with Gasteiger partial charge in [-0.2, -0.15) is 0 Å². The Labute approximate surface area is 120 Å². The molecule has 0 aliphatic heterocycles. The summed E-state index contributed by atoms with van der Waals surface area (Å²) in [7, 11) is 0. The fraction of sp³-hybridized carbons (Fsp3) is 0.286. The molecule has 1 N–H and O–H groups in total. The molecule has 0 bridgehead atoms. The number of benzene rings is 1. The molecule has 5 heteroatoms. The maximum absolute atomic E-state index is 13.8. The minimum absolute atomic E-state index is 0.0802. The summed E-state index contributed by atoms with van der Waals surface area (Å²) in [6.07, 6.45) is 1.73. The molecule has 1 aromatic carbocycles. The molecule has 0 spiro atoms. The van der Waals surface area contributed by atoms with Crippen molar-refractivity contribution in [2.24, 2.45) is 0 Å². The zero-order chi connectivity index (χ0) is 13.8. The third-order valence-electron chi connectivity index (χ3n) is 2.85. The minimum Gasteiger partial charge on any atom is -0.304 e. The Kier molecular flexibility index (Phi) is 4.61. The van der Waals surface area contributed by atoms with E-state index in [0.717, 1.165) is 16.0 Å². The van der Waals surface area contributed by atoms with Crippen LogP contribution in [0.2, 0.25) is 0 Å². The van der Waals surface area contributed by atoms with Crippen molar-refractivity contribution >= 4 is 15.9 Å². The van der Waals surface area contributed by atoms with Crippen molar-refractivity contribution in [2.75, 3.05) is 0 Å². The average molecular weight is 324 g/mol. The van der Waals surface area contributed by atoms with Crippen LogP contribution >= 0.6 is 15.9 Å². The second kappa shape index (κ2) is 6.21. The third-order valence-corrected chi connectivity index (χ3v) is 3.35. The summed E-state index contributed by atoms with van der Waals surface area (Å²) < 4.78 is 14.5. The van der Waals surface area contributed by atoms with Crippen LogP contribution in [0.3, 0.4) is 0 Å². The van der Waals surface area contributed by atoms with Crippen molar-refractivity contribution in [3.63, 3.8) is 0 Å². The maximum Gasteiger partial charge on any atom is 0.129 e. The smallest absolute Gasteiger partial charge is 0.129 e. The van der Waals surface area contributed by atoms with E-state index in [2.05, 4.69) is 31.2 Å². The fourth-order valence-electron chi connectivity index (χ4n) is 1.82. The highest BCUT2D eigenvalue weighted by Crippen LogP contribution is 2.21. The second-order valence-corrected chi connectivity index (χ2v) is 5.28. The molecule has 1 heterocycles. The number of aryl methyl sites for hydroxylation is 1. The standard InChI is InChI=1S/C14H15BrFN3/c1-9(13-4-3-11(15)7-14(13)16)18-8-12-5-6-17-10(2)19-12/h3-7,9,18H,8H2,1-2H3. The first kappa shape index (κ1) is 14.1. The molecular formula is C14H15BrFN3. The van der Waals surface area contributed by atoms with E-state index in [0.29, 0.717) is 12.1 Å². The molecule has 0 aliphatic carbocycles. The van der Waals surface area contributed by atoms with Crippen molar-refractivity contribution in [1.82, 2.24) is 15.3 Å². The number of aromatic nitrogens is 2. The Balaban J connectivity index is 2.03. The largest absolute Gasteiger partial charge is 0.304 e. The summed E-state index contributed by atoms with van der Waals surface area (Å²) in [5.74, 6) is 0.523. The lowest BCUT2D eigenvalue weighted by molar-refractivity contribution is 0.523. The molecule has 1 aromatic heterocycles. The highest BCUT2D eigenvalue weighted by molar-refractivity contribution is 9.10. The van der Waals surface area contributed by atoms with Gasteiger partial charge in [-0.25, -0.2) is 14.4 Å². The van der Waals surface area contributed by atoms with Gasteiger partial charge in [-0.05, 0) is 32.0 Å². The van der Waals surface area contributed by atoms with Gasteiger partial charge in [0.05, 0.1) is 5.69 Å². The van der Waals surface area contributed by atoms with Crippen LogP contribution in [0.25, 0.3) is 0 Å². The van der Waals surface area contributed by atoms with Gasteiger partial charge in [-0.15, -0.1) is 0 Å². The van der Waals surface area contributed by atoms with E-state index in [9.17, 15) is 4.39 Å². The van der Waals surface area contributed by atoms with Crippen LogP contribution in [0.15, 0.2) is 34.9 Å². The van der Waals surface area contributed by atoms with E-state index >= 15 is 0 Å². The highest BCUT2D eigenvalue weighted by Gasteiger charge is 2.11. The fourth-order valence-corrected chi connectivity index (χ4v) is 2.16. The van der Waals surface area contributed by atoms with Crippen LogP contribution in [0.5, 0.6) is 0 Å². The number of rotatable bonds is 4. The number of hydrogen-bond acceptors (Lipinski definition) is 3. The predicted molar refractivity (Wildman–Crippen MR) is 76.1 cm³/mol. The van der Waals surface area contributed by atoms with Gasteiger partial charge in [-0.3, -0.25) is 0 Å². The van der Waals surface area contributed by atoms with E-state index in [1.165, 1.54) is 6.07 Å². The highest BCUT2D eigenvalue weighted by atomic mass is 79.9. The Morgan fingerprint density at radius 1 is 1.37 bits per heavy atom. The molecule has 19 heavy (non-hydrogen) atoms. The van der Waals surface area contributed by atoms with Gasteiger partial charge in [0.15, 0.2) is 0 Å². The summed E-state index contributed by atoms with van der Waals surface area (Å²) >= 11 is 3.25. The third kappa shape index (κ3) is 3.81. The molecule has 100 valence electrons. The van der Waals surface area contributed by atoms with Crippen LogP contribution in [0, 0.1) is 12.7 Å². The number of nitrogens with zero attached hydrogens (tertiary/aromatic N) is 2. The van der Waals surface area contributed by atoms with Gasteiger partial charge in [0.25, 0.3) is 0 Å². The van der Waals surface area contributed by atoms with E-state index in [-0.39, 0.29) is 11.9 Å². The Morgan fingerprint density at radius 2 is 2.16 bits per heavy atom. The van der Waals surface area contributed by atoms with Gasteiger partial charge in [0, 0.05) is 28.8 Å². The maximum atomic E-state index is 13.8. The van der Waals surface area contributed by atoms with E-state index < -0.39 is 0 Å². The van der Waals surface area contributed by atoms with Gasteiger partial charge in [-0.1, -0.05) is 22.0 Å². The summed E-state index contributed by atoms with van der Waals surface area (Å²) in [5, 5.41) is 3.26. The lowest BCUT2D eigenvalue weighted by Gasteiger charge is -2.15. The van der Waals surface area contributed by atoms with E-state index in [4.69, 9.17) is 0 Å². The number of hydrogen-bond donors (Lipinski definition) is 1. The van der Waals surface area contributed by atoms with Gasteiger partial charge >= 0.3 is 0 Å². The zero-order valence-electron chi connectivity index (χ0n) is 10.8. The molecule has 0 radical (unpaired) electrons. The predicted octanol–water partition coefficient (Wildman–Crippen LogP) is 3.54. The normalized spacial score (nSPS) is 12.4. The molecule has 2 rings (SSSR count). The molecule has 1 atom stereocenters. The monoisotopic (exact) mass is 323 g/mol. The first-order valence-corrected chi connectivity index (χ1v) is 6.82. The molecule has 0 saturated carbocycles. The average Bonchev–Trinajstić information content (AvgIpc) is 2.36. The zero-order valence-corrected chi connectivity index (χ0v) is 12.4. The molecule has 0 saturated heterocycles. The lowest BCUT2D eigenvalue weighted by atomic mass is 10.1. The quantitative estimate of drug-likeness (QED) is 0.935. The Morgan fingerprint density at radius 3 is 2.84 bits per heavy atom. The topological polar surface area (TPSA) is 37.8 Å². The van der Waals surface area contributed by atoms with Crippen LogP contribution < -0.4 is 5.32 Å². The SMILES string of the molecule is Cc1nccc(CNC(C)c2ccc(Br)cc2F)n1. The van der Waals surface area contributed by atoms with Crippen molar-refractivity contribution in [3.8, 4) is 0 Å². The Hall–Kier alpha value is -1.33. The van der Waals surface area contributed by atoms with Gasteiger partial charge < -0.3 is 5.32 Å². The first-order chi connectivity index (χ1) is 9.06. The van der Waals surface area contributed by atoms with Crippen molar-refractivity contribution < 1.29 is 4.39 Å². The van der Waals surface area contributed by atoms with Crippen molar-refractivity contribution in [1.29, 1.82) is 0 Å². The summed E-state index contributed by atoms with van der Waals surface area (Å²) in [6.45, 7) is 4.36. The van der Waals surface area contributed by atoms with Crippen LogP contribution in [0.1, 0.15) is 30.0 Å². The molecule has 0 aliphatic rings. The molecule has 0 amide bonds. The molecule has 1 unspecified atom stereocenters. The summed E-state index contributed by atoms with van der Waals surface area (Å²) in [4.78, 5) is 8.35. The summed E-state index contributed by atoms with van der Waals surface area (Å²) in [6, 6.07) is 6.86. The van der Waals surface area contributed by atoms with Crippen LogP contribution in [-0.2, 0) is 6.54 Å². The van der Waals surface area contributed by atoms with E-state index in [1.54, 1.807) is 12.3 Å². The number of nitrogens with one attached hydrogen (secondary N) is 1. The van der Waals surface area contributed by atoms with E-state index in [1.807, 2.05) is 26.0 Å². The Bertz CT molecular complexity index is 574. The molecular weight excluding hydrogens is 309 g/mol.